The van der Waals surface area contributed by atoms with Crippen LogP contribution in [0.1, 0.15) is 15.9 Å². The van der Waals surface area contributed by atoms with E-state index >= 15 is 0 Å². The molecule has 0 aliphatic heterocycles. The zero-order valence-electron chi connectivity index (χ0n) is 13.2. The van der Waals surface area contributed by atoms with E-state index in [4.69, 9.17) is 0 Å². The molecule has 0 unspecified atom stereocenters. The molecule has 0 spiro atoms. The third-order valence-electron chi connectivity index (χ3n) is 3.60. The van der Waals surface area contributed by atoms with Crippen molar-refractivity contribution in [2.45, 2.75) is 6.61 Å². The number of ketones is 1. The number of hydrogen-bond donors (Lipinski definition) is 0. The number of nitrogens with zero attached hydrogens (tertiary/aromatic N) is 1. The van der Waals surface area contributed by atoms with E-state index < -0.39 is 6.61 Å². The highest BCUT2D eigenvalue weighted by Crippen LogP contribution is 2.22. The minimum Gasteiger partial charge on any atom is -0.434 e. The van der Waals surface area contributed by atoms with E-state index in [1.807, 2.05) is 41.2 Å². The van der Waals surface area contributed by atoms with Gasteiger partial charge in [0, 0.05) is 29.2 Å². The lowest BCUT2D eigenvalue weighted by molar-refractivity contribution is -0.0499. The molecule has 126 valence electrons. The van der Waals surface area contributed by atoms with Crippen molar-refractivity contribution in [2.75, 3.05) is 0 Å². The molecular formula is C20H15F2NO2. The Bertz CT molecular complexity index is 869. The Hall–Kier alpha value is -3.21. The van der Waals surface area contributed by atoms with Crippen LogP contribution in [0.25, 0.3) is 11.8 Å². The van der Waals surface area contributed by atoms with E-state index in [0.717, 1.165) is 5.69 Å². The summed E-state index contributed by atoms with van der Waals surface area (Å²) in [6.45, 7) is -2.91. The predicted molar refractivity (Wildman–Crippen MR) is 92.2 cm³/mol. The summed E-state index contributed by atoms with van der Waals surface area (Å²) in [5.74, 6) is -0.185. The summed E-state index contributed by atoms with van der Waals surface area (Å²) in [5.41, 5.74) is 1.88. The molecule has 0 bridgehead atoms. The number of para-hydroxylation sites is 1. The van der Waals surface area contributed by atoms with Crippen molar-refractivity contribution in [1.29, 1.82) is 0 Å². The fourth-order valence-corrected chi connectivity index (χ4v) is 2.39. The number of carbonyl (C=O) groups is 1. The van der Waals surface area contributed by atoms with Crippen LogP contribution in [-0.2, 0) is 0 Å². The number of aromatic nitrogens is 1. The molecule has 3 rings (SSSR count). The van der Waals surface area contributed by atoms with Gasteiger partial charge in [-0.1, -0.05) is 18.2 Å². The van der Waals surface area contributed by atoms with Crippen molar-refractivity contribution in [3.8, 4) is 11.4 Å². The first-order valence-electron chi connectivity index (χ1n) is 7.63. The first-order chi connectivity index (χ1) is 12.1. The summed E-state index contributed by atoms with van der Waals surface area (Å²) >= 11 is 0. The summed E-state index contributed by atoms with van der Waals surface area (Å²) in [5, 5.41) is 0. The number of carbonyl (C=O) groups excluding carboxylic acids is 1. The van der Waals surface area contributed by atoms with Gasteiger partial charge in [0.1, 0.15) is 5.75 Å². The van der Waals surface area contributed by atoms with Gasteiger partial charge in [-0.3, -0.25) is 4.79 Å². The van der Waals surface area contributed by atoms with Crippen LogP contribution in [0, 0.1) is 0 Å². The number of benzene rings is 2. The molecule has 2 aromatic carbocycles. The number of allylic oxidation sites excluding steroid dienone is 1. The molecule has 0 aliphatic rings. The largest absolute Gasteiger partial charge is 0.434 e. The quantitative estimate of drug-likeness (QED) is 0.469. The highest BCUT2D eigenvalue weighted by Gasteiger charge is 2.08. The topological polar surface area (TPSA) is 31.2 Å². The molecule has 0 fully saturated rings. The maximum Gasteiger partial charge on any atom is 0.387 e. The summed E-state index contributed by atoms with van der Waals surface area (Å²) in [4.78, 5) is 12.3. The van der Waals surface area contributed by atoms with Gasteiger partial charge in [0.25, 0.3) is 0 Å². The van der Waals surface area contributed by atoms with Crippen molar-refractivity contribution in [1.82, 2.24) is 4.57 Å². The number of ether oxygens (including phenoxy) is 1. The molecule has 0 N–H and O–H groups in total. The predicted octanol–water partition coefficient (Wildman–Crippen LogP) is 4.97. The zero-order valence-corrected chi connectivity index (χ0v) is 13.2. The van der Waals surface area contributed by atoms with Crippen molar-refractivity contribution >= 4 is 11.9 Å². The smallest absolute Gasteiger partial charge is 0.387 e. The number of hydrogen-bond acceptors (Lipinski definition) is 2. The van der Waals surface area contributed by atoms with E-state index in [9.17, 15) is 13.6 Å². The third-order valence-corrected chi connectivity index (χ3v) is 3.60. The standard InChI is InChI=1S/C20H15F2NO2/c21-20(22)25-19-6-2-1-5-16(19)9-12-18(24)15-7-10-17(11-8-15)23-13-3-4-14-23/h1-14,20H/b12-9+. The summed E-state index contributed by atoms with van der Waals surface area (Å²) in [6, 6.07) is 17.3. The van der Waals surface area contributed by atoms with E-state index in [1.165, 1.54) is 18.2 Å². The molecule has 5 heteroatoms. The van der Waals surface area contributed by atoms with Crippen molar-refractivity contribution in [3.63, 3.8) is 0 Å². The first kappa shape index (κ1) is 16.6. The van der Waals surface area contributed by atoms with Gasteiger partial charge in [-0.15, -0.1) is 0 Å². The maximum absolute atomic E-state index is 12.4. The van der Waals surface area contributed by atoms with E-state index in [0.29, 0.717) is 11.1 Å². The van der Waals surface area contributed by atoms with E-state index in [2.05, 4.69) is 4.74 Å². The van der Waals surface area contributed by atoms with Crippen LogP contribution >= 0.6 is 0 Å². The van der Waals surface area contributed by atoms with Crippen molar-refractivity contribution in [2.24, 2.45) is 0 Å². The van der Waals surface area contributed by atoms with E-state index in [1.54, 1.807) is 30.3 Å². The first-order valence-corrected chi connectivity index (χ1v) is 7.63. The van der Waals surface area contributed by atoms with Gasteiger partial charge >= 0.3 is 6.61 Å². The Labute approximate surface area is 143 Å². The minimum absolute atomic E-state index is 0.0319. The van der Waals surface area contributed by atoms with Gasteiger partial charge in [-0.2, -0.15) is 8.78 Å². The maximum atomic E-state index is 12.4. The van der Waals surface area contributed by atoms with Crippen molar-refractivity contribution < 1.29 is 18.3 Å². The third kappa shape index (κ3) is 4.20. The van der Waals surface area contributed by atoms with Crippen LogP contribution in [0.15, 0.2) is 79.1 Å². The number of alkyl halides is 2. The zero-order chi connectivity index (χ0) is 17.6. The Kier molecular flexibility index (Phi) is 5.04. The molecule has 3 aromatic rings. The van der Waals surface area contributed by atoms with Crippen LogP contribution < -0.4 is 4.74 Å². The Morgan fingerprint density at radius 3 is 2.32 bits per heavy atom. The fourth-order valence-electron chi connectivity index (χ4n) is 2.39. The molecule has 0 atom stereocenters. The lowest BCUT2D eigenvalue weighted by atomic mass is 10.1. The van der Waals surface area contributed by atoms with Crippen LogP contribution in [0.2, 0.25) is 0 Å². The van der Waals surface area contributed by atoms with Gasteiger partial charge in [0.05, 0.1) is 0 Å². The lowest BCUT2D eigenvalue weighted by Gasteiger charge is -2.07. The molecular weight excluding hydrogens is 324 g/mol. The van der Waals surface area contributed by atoms with Gasteiger partial charge in [-0.05, 0) is 54.6 Å². The highest BCUT2D eigenvalue weighted by atomic mass is 19.3. The Morgan fingerprint density at radius 2 is 1.64 bits per heavy atom. The molecule has 3 nitrogen and oxygen atoms in total. The summed E-state index contributed by atoms with van der Waals surface area (Å²) in [6.07, 6.45) is 6.64. The average molecular weight is 339 g/mol. The molecule has 0 aliphatic carbocycles. The fraction of sp³-hybridized carbons (Fsp3) is 0.0500. The highest BCUT2D eigenvalue weighted by molar-refractivity contribution is 6.07. The molecule has 0 saturated carbocycles. The van der Waals surface area contributed by atoms with Crippen LogP contribution in [0.3, 0.4) is 0 Å². The number of halogens is 2. The number of rotatable bonds is 6. The lowest BCUT2D eigenvalue weighted by Crippen LogP contribution is -2.03. The summed E-state index contributed by atoms with van der Waals surface area (Å²) < 4.78 is 31.2. The molecule has 1 aromatic heterocycles. The average Bonchev–Trinajstić information content (AvgIpc) is 3.15. The Morgan fingerprint density at radius 1 is 0.960 bits per heavy atom. The molecule has 25 heavy (non-hydrogen) atoms. The molecule has 1 heterocycles. The summed E-state index contributed by atoms with van der Waals surface area (Å²) in [7, 11) is 0. The van der Waals surface area contributed by atoms with E-state index in [-0.39, 0.29) is 11.5 Å². The second-order valence-corrected chi connectivity index (χ2v) is 5.25. The van der Waals surface area contributed by atoms with Crippen LogP contribution in [0.4, 0.5) is 8.78 Å². The van der Waals surface area contributed by atoms with Gasteiger partial charge in [0.15, 0.2) is 5.78 Å². The molecule has 0 amide bonds. The molecule has 0 saturated heterocycles. The molecule has 0 radical (unpaired) electrons. The second kappa shape index (κ2) is 7.57. The second-order valence-electron chi connectivity index (χ2n) is 5.25. The normalized spacial score (nSPS) is 11.2. The van der Waals surface area contributed by atoms with Crippen molar-refractivity contribution in [3.05, 3.63) is 90.3 Å². The SMILES string of the molecule is O=C(/C=C/c1ccccc1OC(F)F)c1ccc(-n2cccc2)cc1. The van der Waals surface area contributed by atoms with Gasteiger partial charge in [0.2, 0.25) is 0 Å². The van der Waals surface area contributed by atoms with Gasteiger partial charge in [-0.25, -0.2) is 0 Å². The van der Waals surface area contributed by atoms with Gasteiger partial charge < -0.3 is 9.30 Å². The Balaban J connectivity index is 1.75. The van der Waals surface area contributed by atoms with Crippen LogP contribution in [-0.4, -0.2) is 17.0 Å². The monoisotopic (exact) mass is 339 g/mol. The minimum atomic E-state index is -2.91. The van der Waals surface area contributed by atoms with Crippen LogP contribution in [0.5, 0.6) is 5.75 Å².